The van der Waals surface area contributed by atoms with Gasteiger partial charge in [-0.25, -0.2) is 9.97 Å². The lowest BCUT2D eigenvalue weighted by Crippen LogP contribution is -2.24. The van der Waals surface area contributed by atoms with Crippen LogP contribution in [0.2, 0.25) is 0 Å². The summed E-state index contributed by atoms with van der Waals surface area (Å²) < 4.78 is 0. The summed E-state index contributed by atoms with van der Waals surface area (Å²) >= 11 is 0. The van der Waals surface area contributed by atoms with E-state index in [1.165, 1.54) is 0 Å². The van der Waals surface area contributed by atoms with Crippen LogP contribution in [-0.2, 0) is 0 Å². The highest BCUT2D eigenvalue weighted by Gasteiger charge is 2.13. The molecule has 0 radical (unpaired) electrons. The highest BCUT2D eigenvalue weighted by atomic mass is 15.1. The van der Waals surface area contributed by atoms with Crippen molar-refractivity contribution in [1.29, 1.82) is 0 Å². The Kier molecular flexibility index (Phi) is 3.65. The lowest BCUT2D eigenvalue weighted by Gasteiger charge is -2.21. The average molecular weight is 244 g/mol. The van der Waals surface area contributed by atoms with E-state index in [-0.39, 0.29) is 0 Å². The van der Waals surface area contributed by atoms with E-state index < -0.39 is 0 Å². The number of nitrogens with one attached hydrogen (secondary N) is 1. The predicted molar refractivity (Wildman–Crippen MR) is 76.5 cm³/mol. The van der Waals surface area contributed by atoms with E-state index in [4.69, 9.17) is 5.73 Å². The quantitative estimate of drug-likeness (QED) is 0.867. The zero-order chi connectivity index (χ0) is 13.1. The van der Waals surface area contributed by atoms with Gasteiger partial charge in [0.05, 0.1) is 11.0 Å². The number of para-hydroxylation sites is 2. The normalized spacial score (nSPS) is 14.4. The fourth-order valence-electron chi connectivity index (χ4n) is 1.83. The average Bonchev–Trinajstić information content (AvgIpc) is 2.38. The number of anilines is 2. The van der Waals surface area contributed by atoms with Crippen LogP contribution >= 0.6 is 0 Å². The Morgan fingerprint density at radius 1 is 1.17 bits per heavy atom. The first-order chi connectivity index (χ1) is 8.61. The Balaban J connectivity index is 2.30. The van der Waals surface area contributed by atoms with Gasteiger partial charge in [-0.1, -0.05) is 32.4 Å². The summed E-state index contributed by atoms with van der Waals surface area (Å²) in [5.74, 6) is 1.71. The van der Waals surface area contributed by atoms with E-state index in [2.05, 4.69) is 36.1 Å². The molecule has 2 rings (SSSR count). The molecule has 4 heteroatoms. The summed E-state index contributed by atoms with van der Waals surface area (Å²) in [7, 11) is 0. The smallest absolute Gasteiger partial charge is 0.169 e. The fraction of sp³-hybridized carbons (Fsp3) is 0.429. The summed E-state index contributed by atoms with van der Waals surface area (Å²) in [5.41, 5.74) is 7.64. The van der Waals surface area contributed by atoms with E-state index in [1.807, 2.05) is 24.3 Å². The maximum atomic E-state index is 5.94. The van der Waals surface area contributed by atoms with Crippen LogP contribution in [0.5, 0.6) is 0 Å². The zero-order valence-electron chi connectivity index (χ0n) is 11.1. The van der Waals surface area contributed by atoms with Gasteiger partial charge < -0.3 is 11.1 Å². The van der Waals surface area contributed by atoms with Crippen molar-refractivity contribution in [2.45, 2.75) is 33.2 Å². The highest BCUT2D eigenvalue weighted by molar-refractivity contribution is 5.79. The van der Waals surface area contributed by atoms with Crippen LogP contribution in [0, 0.1) is 5.92 Å². The van der Waals surface area contributed by atoms with Gasteiger partial charge in [-0.05, 0) is 25.0 Å². The summed E-state index contributed by atoms with van der Waals surface area (Å²) in [5, 5.41) is 3.35. The third-order valence-corrected chi connectivity index (χ3v) is 3.46. The fourth-order valence-corrected chi connectivity index (χ4v) is 1.83. The maximum Gasteiger partial charge on any atom is 0.169 e. The largest absolute Gasteiger partial charge is 0.381 e. The number of nitrogens with zero attached hydrogens (tertiary/aromatic N) is 2. The molecule has 4 nitrogen and oxygen atoms in total. The third-order valence-electron chi connectivity index (χ3n) is 3.46. The van der Waals surface area contributed by atoms with Crippen LogP contribution < -0.4 is 11.1 Å². The summed E-state index contributed by atoms with van der Waals surface area (Å²) in [6.07, 6.45) is 1.12. The summed E-state index contributed by atoms with van der Waals surface area (Å²) in [4.78, 5) is 8.90. The number of hydrogen-bond donors (Lipinski definition) is 2. The summed E-state index contributed by atoms with van der Waals surface area (Å²) in [6, 6.07) is 8.08. The van der Waals surface area contributed by atoms with Crippen LogP contribution in [0.25, 0.3) is 11.0 Å². The Labute approximate surface area is 108 Å². The van der Waals surface area contributed by atoms with Crippen LogP contribution in [0.1, 0.15) is 27.2 Å². The second-order valence-electron chi connectivity index (χ2n) is 4.76. The van der Waals surface area contributed by atoms with Crippen molar-refractivity contribution in [2.75, 3.05) is 11.1 Å². The van der Waals surface area contributed by atoms with Gasteiger partial charge in [0.25, 0.3) is 0 Å². The van der Waals surface area contributed by atoms with Crippen molar-refractivity contribution in [3.05, 3.63) is 24.3 Å². The molecule has 0 fully saturated rings. The second-order valence-corrected chi connectivity index (χ2v) is 4.76. The molecule has 3 N–H and O–H groups in total. The van der Waals surface area contributed by atoms with Gasteiger partial charge in [0, 0.05) is 6.04 Å². The lowest BCUT2D eigenvalue weighted by molar-refractivity contribution is 0.494. The van der Waals surface area contributed by atoms with E-state index in [1.54, 1.807) is 0 Å². The Hall–Kier alpha value is -1.84. The number of benzene rings is 1. The van der Waals surface area contributed by atoms with Gasteiger partial charge in [-0.3, -0.25) is 0 Å². The van der Waals surface area contributed by atoms with Gasteiger partial charge >= 0.3 is 0 Å². The van der Waals surface area contributed by atoms with E-state index in [0.717, 1.165) is 17.5 Å². The number of nitrogen functional groups attached to an aromatic ring is 1. The van der Waals surface area contributed by atoms with Gasteiger partial charge in [-0.2, -0.15) is 0 Å². The second kappa shape index (κ2) is 5.21. The monoisotopic (exact) mass is 244 g/mol. The molecule has 2 atom stereocenters. The molecule has 1 aromatic carbocycles. The molecule has 2 aromatic rings. The molecule has 0 saturated heterocycles. The minimum Gasteiger partial charge on any atom is -0.381 e. The van der Waals surface area contributed by atoms with Crippen molar-refractivity contribution >= 4 is 22.7 Å². The molecule has 0 aliphatic rings. The van der Waals surface area contributed by atoms with Crippen molar-refractivity contribution in [1.82, 2.24) is 9.97 Å². The Morgan fingerprint density at radius 3 is 2.39 bits per heavy atom. The van der Waals surface area contributed by atoms with Crippen LogP contribution in [-0.4, -0.2) is 16.0 Å². The Morgan fingerprint density at radius 2 is 1.78 bits per heavy atom. The highest BCUT2D eigenvalue weighted by Crippen LogP contribution is 2.21. The summed E-state index contributed by atoms with van der Waals surface area (Å²) in [6.45, 7) is 6.53. The van der Waals surface area contributed by atoms with Crippen LogP contribution in [0.3, 0.4) is 0 Å². The first kappa shape index (κ1) is 12.6. The van der Waals surface area contributed by atoms with Crippen LogP contribution in [0.15, 0.2) is 24.3 Å². The number of nitrogens with two attached hydrogens (primary N) is 1. The van der Waals surface area contributed by atoms with Gasteiger partial charge in [0.15, 0.2) is 11.6 Å². The standard InChI is InChI=1S/C14H20N4/c1-4-9(2)10(3)16-14-13(15)17-11-7-5-6-8-12(11)18-14/h5-10H,4H2,1-3H3,(H2,15,17)(H,16,18). The molecule has 0 saturated carbocycles. The maximum absolute atomic E-state index is 5.94. The van der Waals surface area contributed by atoms with Gasteiger partial charge in [-0.15, -0.1) is 0 Å². The third kappa shape index (κ3) is 2.53. The van der Waals surface area contributed by atoms with Crippen molar-refractivity contribution in [2.24, 2.45) is 5.92 Å². The topological polar surface area (TPSA) is 63.8 Å². The molecule has 96 valence electrons. The number of fused-ring (bicyclic) bond motifs is 1. The molecule has 0 spiro atoms. The first-order valence-electron chi connectivity index (χ1n) is 6.40. The predicted octanol–water partition coefficient (Wildman–Crippen LogP) is 3.06. The van der Waals surface area contributed by atoms with E-state index in [9.17, 15) is 0 Å². The zero-order valence-corrected chi connectivity index (χ0v) is 11.1. The molecule has 2 unspecified atom stereocenters. The molecule has 0 amide bonds. The Bertz CT molecular complexity index is 538. The molecular weight excluding hydrogens is 224 g/mol. The van der Waals surface area contributed by atoms with Gasteiger partial charge in [0.2, 0.25) is 0 Å². The van der Waals surface area contributed by atoms with Crippen molar-refractivity contribution in [3.63, 3.8) is 0 Å². The molecule has 0 aliphatic heterocycles. The van der Waals surface area contributed by atoms with Crippen molar-refractivity contribution < 1.29 is 0 Å². The minimum absolute atomic E-state index is 0.327. The lowest BCUT2D eigenvalue weighted by atomic mass is 10.0. The van der Waals surface area contributed by atoms with E-state index in [0.29, 0.717) is 23.6 Å². The van der Waals surface area contributed by atoms with Crippen LogP contribution in [0.4, 0.5) is 11.6 Å². The molecule has 18 heavy (non-hydrogen) atoms. The first-order valence-corrected chi connectivity index (χ1v) is 6.40. The molecule has 0 bridgehead atoms. The van der Waals surface area contributed by atoms with E-state index >= 15 is 0 Å². The number of rotatable bonds is 4. The van der Waals surface area contributed by atoms with Gasteiger partial charge in [0.1, 0.15) is 0 Å². The molecular formula is C14H20N4. The SMILES string of the molecule is CCC(C)C(C)Nc1nc2ccccc2nc1N. The molecule has 0 aliphatic carbocycles. The molecule has 1 aromatic heterocycles. The number of hydrogen-bond acceptors (Lipinski definition) is 4. The minimum atomic E-state index is 0.327. The molecule has 1 heterocycles. The number of aromatic nitrogens is 2. The van der Waals surface area contributed by atoms with Crippen molar-refractivity contribution in [3.8, 4) is 0 Å².